The second-order valence-electron chi connectivity index (χ2n) is 9.54. The van der Waals surface area contributed by atoms with E-state index >= 15 is 0 Å². The number of sulfonamides is 2. The Kier molecular flexibility index (Phi) is 7.55. The minimum absolute atomic E-state index is 0.103. The monoisotopic (exact) mass is 563 g/mol. The van der Waals surface area contributed by atoms with Crippen molar-refractivity contribution in [3.63, 3.8) is 0 Å². The summed E-state index contributed by atoms with van der Waals surface area (Å²) < 4.78 is 57.0. The predicted molar refractivity (Wildman–Crippen MR) is 152 cm³/mol. The average Bonchev–Trinajstić information content (AvgIpc) is 2.94. The highest BCUT2D eigenvalue weighted by atomic mass is 32.2. The normalized spacial score (nSPS) is 15.3. The molecule has 1 aliphatic heterocycles. The summed E-state index contributed by atoms with van der Waals surface area (Å²) in [6.07, 6.45) is 0.710. The van der Waals surface area contributed by atoms with E-state index in [0.717, 1.165) is 5.56 Å². The Hall–Kier alpha value is -3.57. The molecule has 0 saturated carbocycles. The van der Waals surface area contributed by atoms with Crippen molar-refractivity contribution in [3.8, 4) is 0 Å². The molecule has 0 bridgehead atoms. The van der Waals surface area contributed by atoms with Gasteiger partial charge in [0.15, 0.2) is 0 Å². The number of aryl methyl sites for hydroxylation is 1. The zero-order chi connectivity index (χ0) is 27.6. The van der Waals surface area contributed by atoms with Crippen molar-refractivity contribution in [2.75, 3.05) is 18.4 Å². The van der Waals surface area contributed by atoms with Crippen LogP contribution in [0.25, 0.3) is 10.8 Å². The van der Waals surface area contributed by atoms with Crippen LogP contribution in [0.15, 0.2) is 101 Å². The molecule has 0 aromatic heterocycles. The molecular formula is C29H29N3O5S2. The van der Waals surface area contributed by atoms with E-state index in [1.807, 2.05) is 19.1 Å². The Bertz CT molecular complexity index is 1730. The summed E-state index contributed by atoms with van der Waals surface area (Å²) in [4.78, 5) is 13.3. The highest BCUT2D eigenvalue weighted by Crippen LogP contribution is 2.31. The van der Waals surface area contributed by atoms with Gasteiger partial charge >= 0.3 is 0 Å². The summed E-state index contributed by atoms with van der Waals surface area (Å²) in [5.74, 6) is -0.274. The molecule has 5 rings (SSSR count). The average molecular weight is 564 g/mol. The zero-order valence-corrected chi connectivity index (χ0v) is 23.0. The fourth-order valence-electron chi connectivity index (χ4n) is 4.87. The number of rotatable bonds is 7. The van der Waals surface area contributed by atoms with E-state index in [-0.39, 0.29) is 28.8 Å². The molecule has 1 amide bonds. The number of nitrogens with one attached hydrogen (secondary N) is 2. The fourth-order valence-corrected chi connectivity index (χ4v) is 7.88. The van der Waals surface area contributed by atoms with Gasteiger partial charge < -0.3 is 5.32 Å². The molecule has 4 aromatic carbocycles. The van der Waals surface area contributed by atoms with Gasteiger partial charge in [0.2, 0.25) is 20.0 Å². The third-order valence-electron chi connectivity index (χ3n) is 6.97. The van der Waals surface area contributed by atoms with Crippen molar-refractivity contribution in [3.05, 3.63) is 102 Å². The van der Waals surface area contributed by atoms with Gasteiger partial charge in [-0.25, -0.2) is 21.6 Å². The number of benzene rings is 4. The molecule has 10 heteroatoms. The molecule has 0 unspecified atom stereocenters. The fraction of sp³-hybridized carbons (Fsp3) is 0.207. The van der Waals surface area contributed by atoms with Gasteiger partial charge in [-0.3, -0.25) is 4.79 Å². The van der Waals surface area contributed by atoms with Crippen molar-refractivity contribution < 1.29 is 21.6 Å². The molecule has 2 N–H and O–H groups in total. The van der Waals surface area contributed by atoms with Crippen LogP contribution >= 0.6 is 0 Å². The first-order valence-electron chi connectivity index (χ1n) is 12.6. The van der Waals surface area contributed by atoms with Gasteiger partial charge in [-0.2, -0.15) is 4.31 Å². The SMILES string of the molecule is Cc1ccccc1C(=O)Nc1ccc(S(=O)(=O)NC2CCN(S(=O)(=O)c3ccccc3)CC2)c2ccccc12. The van der Waals surface area contributed by atoms with E-state index in [1.54, 1.807) is 72.8 Å². The summed E-state index contributed by atoms with van der Waals surface area (Å²) in [6, 6.07) is 25.2. The maximum absolute atomic E-state index is 13.5. The van der Waals surface area contributed by atoms with E-state index in [9.17, 15) is 21.6 Å². The van der Waals surface area contributed by atoms with Crippen molar-refractivity contribution in [2.45, 2.75) is 35.6 Å². The smallest absolute Gasteiger partial charge is 0.255 e. The second-order valence-corrected chi connectivity index (χ2v) is 13.2. The van der Waals surface area contributed by atoms with Crippen LogP contribution in [0.1, 0.15) is 28.8 Å². The molecule has 1 aliphatic rings. The number of amides is 1. The Morgan fingerprint density at radius 2 is 1.38 bits per heavy atom. The first-order valence-corrected chi connectivity index (χ1v) is 15.6. The minimum Gasteiger partial charge on any atom is -0.321 e. The lowest BCUT2D eigenvalue weighted by atomic mass is 10.1. The molecule has 1 fully saturated rings. The quantitative estimate of drug-likeness (QED) is 0.343. The van der Waals surface area contributed by atoms with Gasteiger partial charge in [0.05, 0.1) is 9.79 Å². The van der Waals surface area contributed by atoms with E-state index < -0.39 is 26.1 Å². The van der Waals surface area contributed by atoms with Crippen molar-refractivity contribution in [1.82, 2.24) is 9.03 Å². The summed E-state index contributed by atoms with van der Waals surface area (Å²) in [5.41, 5.74) is 1.89. The Morgan fingerprint density at radius 1 is 0.769 bits per heavy atom. The van der Waals surface area contributed by atoms with Crippen molar-refractivity contribution in [1.29, 1.82) is 0 Å². The van der Waals surface area contributed by atoms with E-state index in [0.29, 0.717) is 34.9 Å². The van der Waals surface area contributed by atoms with Gasteiger partial charge in [0.25, 0.3) is 5.91 Å². The molecule has 202 valence electrons. The highest BCUT2D eigenvalue weighted by molar-refractivity contribution is 7.90. The number of piperidine rings is 1. The predicted octanol–water partition coefficient (Wildman–Crippen LogP) is 4.53. The van der Waals surface area contributed by atoms with Gasteiger partial charge in [0.1, 0.15) is 0 Å². The summed E-state index contributed by atoms with van der Waals surface area (Å²) in [5, 5.41) is 4.00. The largest absolute Gasteiger partial charge is 0.321 e. The number of hydrogen-bond acceptors (Lipinski definition) is 5. The lowest BCUT2D eigenvalue weighted by molar-refractivity contribution is 0.102. The van der Waals surface area contributed by atoms with Crippen LogP contribution in [0.3, 0.4) is 0 Å². The number of carbonyl (C=O) groups excluding carboxylic acids is 1. The molecule has 8 nitrogen and oxygen atoms in total. The Balaban J connectivity index is 1.34. The number of carbonyl (C=O) groups is 1. The Labute approximate surface area is 228 Å². The molecular weight excluding hydrogens is 534 g/mol. The van der Waals surface area contributed by atoms with Crippen LogP contribution in [0, 0.1) is 6.92 Å². The molecule has 4 aromatic rings. The molecule has 39 heavy (non-hydrogen) atoms. The summed E-state index contributed by atoms with van der Waals surface area (Å²) in [6.45, 7) is 2.29. The molecule has 1 heterocycles. The number of fused-ring (bicyclic) bond motifs is 1. The van der Waals surface area contributed by atoms with E-state index in [2.05, 4.69) is 10.0 Å². The standard InChI is InChI=1S/C29H29N3O5S2/c1-21-9-5-6-12-24(21)29(33)30-27-15-16-28(26-14-8-7-13-25(26)27)38(34,35)31-22-17-19-32(20-18-22)39(36,37)23-10-3-2-4-11-23/h2-16,22,31H,17-20H2,1H3,(H,30,33). The molecule has 0 radical (unpaired) electrons. The molecule has 1 saturated heterocycles. The lowest BCUT2D eigenvalue weighted by Crippen LogP contribution is -2.46. The van der Waals surface area contributed by atoms with Crippen LogP contribution in [0.5, 0.6) is 0 Å². The topological polar surface area (TPSA) is 113 Å². The van der Waals surface area contributed by atoms with Gasteiger partial charge in [-0.1, -0.05) is 60.7 Å². The van der Waals surface area contributed by atoms with Crippen LogP contribution in [0.4, 0.5) is 5.69 Å². The molecule has 0 atom stereocenters. The maximum atomic E-state index is 13.5. The van der Waals surface area contributed by atoms with Gasteiger partial charge in [0, 0.05) is 41.2 Å². The number of nitrogens with zero attached hydrogens (tertiary/aromatic N) is 1. The molecule has 0 spiro atoms. The Morgan fingerprint density at radius 3 is 2.08 bits per heavy atom. The summed E-state index contributed by atoms with van der Waals surface area (Å²) >= 11 is 0. The van der Waals surface area contributed by atoms with Crippen molar-refractivity contribution in [2.24, 2.45) is 0 Å². The zero-order valence-electron chi connectivity index (χ0n) is 21.4. The highest BCUT2D eigenvalue weighted by Gasteiger charge is 2.31. The van der Waals surface area contributed by atoms with E-state index in [1.165, 1.54) is 10.4 Å². The van der Waals surface area contributed by atoms with Crippen LogP contribution < -0.4 is 10.0 Å². The van der Waals surface area contributed by atoms with Gasteiger partial charge in [-0.05, 0) is 55.7 Å². The van der Waals surface area contributed by atoms with Gasteiger partial charge in [-0.15, -0.1) is 0 Å². The minimum atomic E-state index is -3.93. The number of anilines is 1. The molecule has 0 aliphatic carbocycles. The summed E-state index contributed by atoms with van der Waals surface area (Å²) in [7, 11) is -7.55. The maximum Gasteiger partial charge on any atom is 0.255 e. The van der Waals surface area contributed by atoms with Crippen LogP contribution in [-0.4, -0.2) is 46.2 Å². The first kappa shape index (κ1) is 27.0. The third-order valence-corrected chi connectivity index (χ3v) is 10.5. The second kappa shape index (κ2) is 10.9. The van der Waals surface area contributed by atoms with Crippen LogP contribution in [0.2, 0.25) is 0 Å². The first-order chi connectivity index (χ1) is 18.7. The third kappa shape index (κ3) is 5.60. The lowest BCUT2D eigenvalue weighted by Gasteiger charge is -2.31. The van der Waals surface area contributed by atoms with Crippen molar-refractivity contribution >= 4 is 42.4 Å². The number of hydrogen-bond donors (Lipinski definition) is 2. The van der Waals surface area contributed by atoms with Crippen LogP contribution in [-0.2, 0) is 20.0 Å². The van der Waals surface area contributed by atoms with E-state index in [4.69, 9.17) is 0 Å².